The van der Waals surface area contributed by atoms with Crippen LogP contribution in [-0.4, -0.2) is 41.8 Å². The van der Waals surface area contributed by atoms with Crippen LogP contribution in [0.2, 0.25) is 0 Å². The van der Waals surface area contributed by atoms with Crippen LogP contribution in [-0.2, 0) is 4.74 Å². The van der Waals surface area contributed by atoms with Crippen LogP contribution in [0, 0.1) is 0 Å². The fourth-order valence-corrected chi connectivity index (χ4v) is 2.82. The number of hydrogen-bond donors (Lipinski definition) is 1. The van der Waals surface area contributed by atoms with E-state index in [1.807, 2.05) is 25.7 Å². The smallest absolute Gasteiger partial charge is 0.410 e. The van der Waals surface area contributed by atoms with E-state index in [0.29, 0.717) is 12.1 Å². The van der Waals surface area contributed by atoms with E-state index in [1.165, 1.54) is 19.3 Å². The number of rotatable bonds is 6. The summed E-state index contributed by atoms with van der Waals surface area (Å²) in [5.74, 6) is 0. The molecule has 1 amide bonds. The minimum Gasteiger partial charge on any atom is -0.444 e. The Balaban J connectivity index is 2.50. The molecule has 0 bridgehead atoms. The molecule has 4 heteroatoms. The summed E-state index contributed by atoms with van der Waals surface area (Å²) in [6.45, 7) is 12.1. The molecule has 21 heavy (non-hydrogen) atoms. The summed E-state index contributed by atoms with van der Waals surface area (Å²) in [6, 6.07) is 0.766. The molecule has 1 aliphatic rings. The number of unbranched alkanes of at least 4 members (excludes halogenated alkanes) is 1. The molecule has 1 N–H and O–H groups in total. The van der Waals surface area contributed by atoms with Crippen LogP contribution < -0.4 is 5.32 Å². The van der Waals surface area contributed by atoms with Gasteiger partial charge >= 0.3 is 6.09 Å². The maximum Gasteiger partial charge on any atom is 0.410 e. The molecule has 0 saturated carbocycles. The molecule has 0 spiro atoms. The van der Waals surface area contributed by atoms with Crippen molar-refractivity contribution in [2.24, 2.45) is 0 Å². The van der Waals surface area contributed by atoms with Crippen molar-refractivity contribution in [1.82, 2.24) is 10.2 Å². The van der Waals surface area contributed by atoms with Crippen molar-refractivity contribution in [3.8, 4) is 0 Å². The van der Waals surface area contributed by atoms with E-state index >= 15 is 0 Å². The lowest BCUT2D eigenvalue weighted by Gasteiger charge is -2.38. The Morgan fingerprint density at radius 3 is 2.71 bits per heavy atom. The maximum atomic E-state index is 12.3. The topological polar surface area (TPSA) is 41.6 Å². The van der Waals surface area contributed by atoms with Gasteiger partial charge in [0.15, 0.2) is 0 Å². The zero-order valence-corrected chi connectivity index (χ0v) is 14.6. The van der Waals surface area contributed by atoms with E-state index in [0.717, 1.165) is 32.4 Å². The fraction of sp³-hybridized carbons (Fsp3) is 0.941. The summed E-state index contributed by atoms with van der Waals surface area (Å²) < 4.78 is 5.55. The molecule has 4 nitrogen and oxygen atoms in total. The van der Waals surface area contributed by atoms with Crippen molar-refractivity contribution in [3.05, 3.63) is 0 Å². The van der Waals surface area contributed by atoms with Crippen molar-refractivity contribution in [3.63, 3.8) is 0 Å². The number of likely N-dealkylation sites (tertiary alicyclic amines) is 1. The van der Waals surface area contributed by atoms with E-state index in [1.54, 1.807) is 0 Å². The molecule has 1 fully saturated rings. The van der Waals surface area contributed by atoms with E-state index in [-0.39, 0.29) is 6.09 Å². The first-order valence-corrected chi connectivity index (χ1v) is 8.56. The lowest BCUT2D eigenvalue weighted by Crippen LogP contribution is -2.48. The van der Waals surface area contributed by atoms with Crippen LogP contribution in [0.4, 0.5) is 4.79 Å². The predicted octanol–water partition coefficient (Wildman–Crippen LogP) is 3.94. The predicted molar refractivity (Wildman–Crippen MR) is 87.6 cm³/mol. The third-order valence-electron chi connectivity index (χ3n) is 3.90. The van der Waals surface area contributed by atoms with Gasteiger partial charge in [-0.2, -0.15) is 0 Å². The fourth-order valence-electron chi connectivity index (χ4n) is 2.82. The zero-order chi connectivity index (χ0) is 15.9. The Hall–Kier alpha value is -0.770. The molecule has 1 aliphatic heterocycles. The van der Waals surface area contributed by atoms with Crippen molar-refractivity contribution >= 4 is 6.09 Å². The number of piperidine rings is 1. The number of ether oxygens (including phenoxy) is 1. The van der Waals surface area contributed by atoms with Crippen molar-refractivity contribution in [2.75, 3.05) is 13.1 Å². The van der Waals surface area contributed by atoms with Gasteiger partial charge in [-0.05, 0) is 66.3 Å². The molecule has 0 aromatic heterocycles. The molecule has 0 aromatic carbocycles. The molecular formula is C17H34N2O2. The lowest BCUT2D eigenvalue weighted by molar-refractivity contribution is 0.00792. The van der Waals surface area contributed by atoms with Gasteiger partial charge in [-0.15, -0.1) is 0 Å². The summed E-state index contributed by atoms with van der Waals surface area (Å²) in [5.41, 5.74) is -0.413. The third-order valence-corrected chi connectivity index (χ3v) is 3.90. The van der Waals surface area contributed by atoms with Gasteiger partial charge in [0.25, 0.3) is 0 Å². The van der Waals surface area contributed by atoms with Crippen LogP contribution in [0.3, 0.4) is 0 Å². The number of amides is 1. The molecule has 1 saturated heterocycles. The minimum absolute atomic E-state index is 0.145. The van der Waals surface area contributed by atoms with Gasteiger partial charge in [0.1, 0.15) is 5.60 Å². The first kappa shape index (κ1) is 18.3. The van der Waals surface area contributed by atoms with E-state index in [4.69, 9.17) is 4.74 Å². The van der Waals surface area contributed by atoms with Gasteiger partial charge in [0.05, 0.1) is 0 Å². The number of carbonyl (C=O) groups is 1. The van der Waals surface area contributed by atoms with Crippen molar-refractivity contribution in [2.45, 2.75) is 90.8 Å². The summed E-state index contributed by atoms with van der Waals surface area (Å²) in [6.07, 6.45) is 6.70. The van der Waals surface area contributed by atoms with Crippen molar-refractivity contribution in [1.29, 1.82) is 0 Å². The van der Waals surface area contributed by atoms with Crippen LogP contribution >= 0.6 is 0 Å². The normalized spacial score (nSPS) is 21.2. The number of nitrogens with zero attached hydrogens (tertiary/aromatic N) is 1. The lowest BCUT2D eigenvalue weighted by atomic mass is 9.96. The minimum atomic E-state index is -0.413. The monoisotopic (exact) mass is 298 g/mol. The summed E-state index contributed by atoms with van der Waals surface area (Å²) in [7, 11) is 0. The Labute approximate surface area is 130 Å². The van der Waals surface area contributed by atoms with Crippen LogP contribution in [0.15, 0.2) is 0 Å². The first-order chi connectivity index (χ1) is 9.83. The molecule has 1 rings (SSSR count). The molecule has 0 radical (unpaired) electrons. The highest BCUT2D eigenvalue weighted by atomic mass is 16.6. The number of hydrogen-bond acceptors (Lipinski definition) is 3. The molecule has 2 atom stereocenters. The Morgan fingerprint density at radius 1 is 1.38 bits per heavy atom. The first-order valence-electron chi connectivity index (χ1n) is 8.56. The standard InChI is InChI=1S/C17H34N2O2/c1-6-7-11-18-14(2)13-15-10-8-9-12-19(15)16(20)21-17(3,4)5/h14-15,18H,6-13H2,1-5H3. The van der Waals surface area contributed by atoms with Gasteiger partial charge < -0.3 is 15.0 Å². The number of carbonyl (C=O) groups excluding carboxylic acids is 1. The van der Waals surface area contributed by atoms with E-state index in [9.17, 15) is 4.79 Å². The van der Waals surface area contributed by atoms with Crippen LogP contribution in [0.5, 0.6) is 0 Å². The largest absolute Gasteiger partial charge is 0.444 e. The number of nitrogens with one attached hydrogen (secondary N) is 1. The summed E-state index contributed by atoms with van der Waals surface area (Å²) in [5, 5.41) is 3.56. The van der Waals surface area contributed by atoms with E-state index < -0.39 is 5.60 Å². The van der Waals surface area contributed by atoms with Gasteiger partial charge in [-0.25, -0.2) is 4.79 Å². The summed E-state index contributed by atoms with van der Waals surface area (Å²) in [4.78, 5) is 14.3. The Kier molecular flexibility index (Phi) is 7.50. The second kappa shape index (κ2) is 8.62. The Bertz CT molecular complexity index is 312. The third kappa shape index (κ3) is 7.16. The molecule has 0 aromatic rings. The molecular weight excluding hydrogens is 264 g/mol. The van der Waals surface area contributed by atoms with Gasteiger partial charge in [-0.3, -0.25) is 0 Å². The Morgan fingerprint density at radius 2 is 2.10 bits per heavy atom. The zero-order valence-electron chi connectivity index (χ0n) is 14.6. The second-order valence-electron chi connectivity index (χ2n) is 7.27. The molecule has 1 heterocycles. The average Bonchev–Trinajstić information content (AvgIpc) is 2.37. The van der Waals surface area contributed by atoms with Crippen LogP contribution in [0.25, 0.3) is 0 Å². The van der Waals surface area contributed by atoms with Gasteiger partial charge in [0.2, 0.25) is 0 Å². The van der Waals surface area contributed by atoms with Crippen molar-refractivity contribution < 1.29 is 9.53 Å². The SMILES string of the molecule is CCCCNC(C)CC1CCCCN1C(=O)OC(C)(C)C. The van der Waals surface area contributed by atoms with Gasteiger partial charge in [-0.1, -0.05) is 13.3 Å². The molecule has 124 valence electrons. The molecule has 0 aliphatic carbocycles. The maximum absolute atomic E-state index is 12.3. The highest BCUT2D eigenvalue weighted by Crippen LogP contribution is 2.23. The average molecular weight is 298 g/mol. The van der Waals surface area contributed by atoms with E-state index in [2.05, 4.69) is 19.2 Å². The second-order valence-corrected chi connectivity index (χ2v) is 7.27. The molecule has 2 unspecified atom stereocenters. The highest BCUT2D eigenvalue weighted by Gasteiger charge is 2.31. The quantitative estimate of drug-likeness (QED) is 0.755. The highest BCUT2D eigenvalue weighted by molar-refractivity contribution is 5.68. The van der Waals surface area contributed by atoms with Crippen LogP contribution in [0.1, 0.15) is 73.1 Å². The summed E-state index contributed by atoms with van der Waals surface area (Å²) >= 11 is 0. The van der Waals surface area contributed by atoms with Gasteiger partial charge in [0, 0.05) is 18.6 Å².